The minimum atomic E-state index is -4.40. The number of anilines is 1. The second-order valence-electron chi connectivity index (χ2n) is 6.77. The summed E-state index contributed by atoms with van der Waals surface area (Å²) in [5.41, 5.74) is 0.576. The minimum Gasteiger partial charge on any atom is -0.326 e. The number of likely N-dealkylation sites (tertiary alicyclic amines) is 1. The van der Waals surface area contributed by atoms with E-state index >= 15 is 0 Å². The SMILES string of the molecule is O=C(Nc1ccc(C(F)(F)F)cc1)C1CCCN(Cc2ccc(F)cc2)C1. The second-order valence-corrected chi connectivity index (χ2v) is 6.77. The van der Waals surface area contributed by atoms with Crippen LogP contribution < -0.4 is 5.32 Å². The van der Waals surface area contributed by atoms with Gasteiger partial charge in [-0.05, 0) is 61.3 Å². The first kappa shape index (κ1) is 19.4. The molecule has 0 radical (unpaired) electrons. The average molecular weight is 380 g/mol. The molecule has 0 spiro atoms. The molecule has 1 amide bonds. The number of piperidine rings is 1. The third-order valence-corrected chi connectivity index (χ3v) is 4.68. The van der Waals surface area contributed by atoms with E-state index in [1.807, 2.05) is 0 Å². The van der Waals surface area contributed by atoms with E-state index < -0.39 is 11.7 Å². The smallest absolute Gasteiger partial charge is 0.326 e. The number of benzene rings is 2. The molecule has 1 aliphatic rings. The molecule has 3 rings (SSSR count). The lowest BCUT2D eigenvalue weighted by atomic mass is 9.96. The Morgan fingerprint density at radius 1 is 1.07 bits per heavy atom. The van der Waals surface area contributed by atoms with Crippen LogP contribution in [0.1, 0.15) is 24.0 Å². The summed E-state index contributed by atoms with van der Waals surface area (Å²) in [7, 11) is 0. The highest BCUT2D eigenvalue weighted by atomic mass is 19.4. The number of rotatable bonds is 4. The fourth-order valence-electron chi connectivity index (χ4n) is 3.25. The summed E-state index contributed by atoms with van der Waals surface area (Å²) in [6.45, 7) is 2.04. The maximum atomic E-state index is 13.0. The summed E-state index contributed by atoms with van der Waals surface area (Å²) in [4.78, 5) is 14.6. The van der Waals surface area contributed by atoms with E-state index in [4.69, 9.17) is 0 Å². The van der Waals surface area contributed by atoms with Crippen molar-refractivity contribution >= 4 is 11.6 Å². The molecule has 1 fully saturated rings. The molecule has 144 valence electrons. The van der Waals surface area contributed by atoms with Gasteiger partial charge in [-0.3, -0.25) is 9.69 Å². The molecule has 27 heavy (non-hydrogen) atoms. The largest absolute Gasteiger partial charge is 0.416 e. The molecular formula is C20H20F4N2O. The molecule has 1 atom stereocenters. The minimum absolute atomic E-state index is 0.196. The van der Waals surface area contributed by atoms with Gasteiger partial charge >= 0.3 is 6.18 Å². The lowest BCUT2D eigenvalue weighted by molar-refractivity contribution is -0.137. The van der Waals surface area contributed by atoms with Crippen LogP contribution >= 0.6 is 0 Å². The summed E-state index contributed by atoms with van der Waals surface area (Å²) in [5, 5.41) is 2.70. The van der Waals surface area contributed by atoms with E-state index in [1.54, 1.807) is 12.1 Å². The topological polar surface area (TPSA) is 32.3 Å². The Labute approximate surface area is 155 Å². The molecule has 0 saturated carbocycles. The summed E-state index contributed by atoms with van der Waals surface area (Å²) in [6.07, 6.45) is -2.81. The quantitative estimate of drug-likeness (QED) is 0.780. The molecule has 7 heteroatoms. The van der Waals surface area contributed by atoms with Gasteiger partial charge in [0.1, 0.15) is 5.82 Å². The Morgan fingerprint density at radius 2 is 1.74 bits per heavy atom. The monoisotopic (exact) mass is 380 g/mol. The fourth-order valence-corrected chi connectivity index (χ4v) is 3.25. The Balaban J connectivity index is 1.57. The normalized spacial score (nSPS) is 18.3. The zero-order valence-corrected chi connectivity index (χ0v) is 14.6. The molecule has 0 aliphatic carbocycles. The van der Waals surface area contributed by atoms with E-state index in [9.17, 15) is 22.4 Å². The van der Waals surface area contributed by atoms with Gasteiger partial charge in [-0.1, -0.05) is 12.1 Å². The summed E-state index contributed by atoms with van der Waals surface area (Å²) in [5.74, 6) is -0.716. The molecule has 2 aromatic carbocycles. The predicted octanol–water partition coefficient (Wildman–Crippen LogP) is 4.70. The Bertz CT molecular complexity index is 772. The first-order chi connectivity index (χ1) is 12.8. The Morgan fingerprint density at radius 3 is 2.37 bits per heavy atom. The van der Waals surface area contributed by atoms with Crippen LogP contribution in [0.4, 0.5) is 23.2 Å². The van der Waals surface area contributed by atoms with Crippen molar-refractivity contribution in [2.45, 2.75) is 25.6 Å². The molecular weight excluding hydrogens is 360 g/mol. The number of halogens is 4. The van der Waals surface area contributed by atoms with E-state index in [0.717, 1.165) is 37.1 Å². The highest BCUT2D eigenvalue weighted by molar-refractivity contribution is 5.92. The Kier molecular flexibility index (Phi) is 5.79. The van der Waals surface area contributed by atoms with E-state index in [0.29, 0.717) is 18.8 Å². The van der Waals surface area contributed by atoms with Crippen LogP contribution in [0.5, 0.6) is 0 Å². The lowest BCUT2D eigenvalue weighted by Gasteiger charge is -2.32. The average Bonchev–Trinajstić information content (AvgIpc) is 2.63. The highest BCUT2D eigenvalue weighted by Crippen LogP contribution is 2.30. The van der Waals surface area contributed by atoms with Crippen LogP contribution in [0.3, 0.4) is 0 Å². The van der Waals surface area contributed by atoms with E-state index in [-0.39, 0.29) is 17.6 Å². The van der Waals surface area contributed by atoms with Crippen LogP contribution in [0, 0.1) is 11.7 Å². The zero-order chi connectivity index (χ0) is 19.4. The van der Waals surface area contributed by atoms with Crippen LogP contribution in [-0.2, 0) is 17.5 Å². The van der Waals surface area contributed by atoms with Gasteiger partial charge in [0.2, 0.25) is 5.91 Å². The number of alkyl halides is 3. The van der Waals surface area contributed by atoms with Crippen LogP contribution in [0.25, 0.3) is 0 Å². The molecule has 1 heterocycles. The number of carbonyl (C=O) groups is 1. The second kappa shape index (κ2) is 8.08. The van der Waals surface area contributed by atoms with Crippen molar-refractivity contribution in [1.82, 2.24) is 4.90 Å². The van der Waals surface area contributed by atoms with Crippen LogP contribution in [0.2, 0.25) is 0 Å². The number of nitrogens with zero attached hydrogens (tertiary/aromatic N) is 1. The maximum Gasteiger partial charge on any atom is 0.416 e. The number of nitrogens with one attached hydrogen (secondary N) is 1. The number of hydrogen-bond donors (Lipinski definition) is 1. The van der Waals surface area contributed by atoms with Crippen molar-refractivity contribution in [3.63, 3.8) is 0 Å². The van der Waals surface area contributed by atoms with Crippen molar-refractivity contribution in [2.75, 3.05) is 18.4 Å². The first-order valence-corrected chi connectivity index (χ1v) is 8.76. The van der Waals surface area contributed by atoms with E-state index in [1.165, 1.54) is 24.3 Å². The number of amides is 1. The van der Waals surface area contributed by atoms with Crippen molar-refractivity contribution in [2.24, 2.45) is 5.92 Å². The van der Waals surface area contributed by atoms with Gasteiger partial charge in [-0.2, -0.15) is 13.2 Å². The van der Waals surface area contributed by atoms with Crippen molar-refractivity contribution < 1.29 is 22.4 Å². The lowest BCUT2D eigenvalue weighted by Crippen LogP contribution is -2.40. The van der Waals surface area contributed by atoms with Crippen molar-refractivity contribution in [3.8, 4) is 0 Å². The van der Waals surface area contributed by atoms with E-state index in [2.05, 4.69) is 10.2 Å². The zero-order valence-electron chi connectivity index (χ0n) is 14.6. The van der Waals surface area contributed by atoms with Crippen molar-refractivity contribution in [1.29, 1.82) is 0 Å². The summed E-state index contributed by atoms with van der Waals surface area (Å²) < 4.78 is 50.8. The molecule has 0 aromatic heterocycles. The first-order valence-electron chi connectivity index (χ1n) is 8.76. The van der Waals surface area contributed by atoms with Gasteiger partial charge in [-0.25, -0.2) is 4.39 Å². The molecule has 3 nitrogen and oxygen atoms in total. The molecule has 1 saturated heterocycles. The summed E-state index contributed by atoms with van der Waals surface area (Å²) in [6, 6.07) is 10.7. The van der Waals surface area contributed by atoms with Crippen LogP contribution in [-0.4, -0.2) is 23.9 Å². The number of carbonyl (C=O) groups excluding carboxylic acids is 1. The van der Waals surface area contributed by atoms with Gasteiger partial charge in [0, 0.05) is 18.8 Å². The molecule has 1 N–H and O–H groups in total. The predicted molar refractivity (Wildman–Crippen MR) is 94.5 cm³/mol. The summed E-state index contributed by atoms with van der Waals surface area (Å²) >= 11 is 0. The fraction of sp³-hybridized carbons (Fsp3) is 0.350. The molecule has 0 bridgehead atoms. The third kappa shape index (κ3) is 5.29. The van der Waals surface area contributed by atoms with Crippen molar-refractivity contribution in [3.05, 3.63) is 65.5 Å². The third-order valence-electron chi connectivity index (χ3n) is 4.68. The van der Waals surface area contributed by atoms with Gasteiger partial charge in [0.15, 0.2) is 0 Å². The molecule has 2 aromatic rings. The molecule has 1 unspecified atom stereocenters. The maximum absolute atomic E-state index is 13.0. The number of hydrogen-bond acceptors (Lipinski definition) is 2. The van der Waals surface area contributed by atoms with Gasteiger partial charge < -0.3 is 5.32 Å². The molecule has 1 aliphatic heterocycles. The van der Waals surface area contributed by atoms with Gasteiger partial charge in [0.25, 0.3) is 0 Å². The van der Waals surface area contributed by atoms with Crippen LogP contribution in [0.15, 0.2) is 48.5 Å². The standard InChI is InChI=1S/C20H20F4N2O/c21-17-7-3-14(4-8-17)12-26-11-1-2-15(13-26)19(27)25-18-9-5-16(6-10-18)20(22,23)24/h3-10,15H,1-2,11-13H2,(H,25,27). The highest BCUT2D eigenvalue weighted by Gasteiger charge is 2.30. The Hall–Kier alpha value is -2.41. The van der Waals surface area contributed by atoms with Gasteiger partial charge in [-0.15, -0.1) is 0 Å². The van der Waals surface area contributed by atoms with Gasteiger partial charge in [0.05, 0.1) is 11.5 Å².